The minimum absolute atomic E-state index is 0.00763. The minimum atomic E-state index is -1.70. The first kappa shape index (κ1) is 54.1. The molecular formula is C56H86N6O12. The standard InChI is InChI=1S/C56H86N6O12/c1-50(27-64)16-17-56(49(71)72)21-30(19-31-23-58-28-60-31)54(5)33(36(56)22-50)10-11-39-51(54,2)15-12-40-52(39,3)35(43(67)46(53(40,4)41(66)25-63)74-47-45(69)44(68)38(65)26-73-47)20-34-42(62-48(70)55(34)13-6-7-14-55)32(9-8-18-57)37-24-59-29-61-37/h10,23-24,28-30,32,34-36,38-47,63-69H,6-9,11-22,25-27,57H2,1-5H3,(H,58,60)(H,59,61)(H,62,70)(H,71,72). The number of aromatic amines is 2. The number of aliphatic hydroxyl groups excluding tert-OH is 7. The number of carboxylic acid groups (broad SMARTS) is 1. The van der Waals surface area contributed by atoms with Gasteiger partial charge in [0.05, 0.1) is 55.0 Å². The van der Waals surface area contributed by atoms with Crippen LogP contribution in [0.2, 0.25) is 0 Å². The molecule has 21 unspecified atom stereocenters. The largest absolute Gasteiger partial charge is 0.481 e. The average molecular weight is 1040 g/mol. The third kappa shape index (κ3) is 7.82. The number of hydrogen-bond acceptors (Lipinski definition) is 14. The number of allylic oxidation sites excluding steroid dienone is 2. The molecule has 2 aliphatic heterocycles. The number of ether oxygens (including phenoxy) is 2. The van der Waals surface area contributed by atoms with Gasteiger partial charge in [0.2, 0.25) is 5.91 Å². The lowest BCUT2D eigenvalue weighted by atomic mass is 9.30. The quantitative estimate of drug-likeness (QED) is 0.0894. The normalized spacial score (nSPS) is 46.4. The third-order valence-corrected chi connectivity index (χ3v) is 23.2. The maximum absolute atomic E-state index is 14.9. The van der Waals surface area contributed by atoms with Crippen LogP contribution >= 0.6 is 0 Å². The first-order valence-corrected chi connectivity index (χ1v) is 27.9. The number of carbonyl (C=O) groups is 2. The van der Waals surface area contributed by atoms with Crippen LogP contribution in [0.4, 0.5) is 0 Å². The molecule has 74 heavy (non-hydrogen) atoms. The Kier molecular flexibility index (Phi) is 14.3. The second-order valence-corrected chi connectivity index (χ2v) is 26.1. The average Bonchev–Trinajstić information content (AvgIpc) is 4.24. The Morgan fingerprint density at radius 1 is 0.919 bits per heavy atom. The van der Waals surface area contributed by atoms with Crippen molar-refractivity contribution in [3.05, 3.63) is 48.1 Å². The molecule has 7 fully saturated rings. The highest BCUT2D eigenvalue weighted by Crippen LogP contribution is 2.79. The van der Waals surface area contributed by atoms with Gasteiger partial charge in [-0.1, -0.05) is 59.1 Å². The lowest BCUT2D eigenvalue weighted by Crippen LogP contribution is -2.74. The summed E-state index contributed by atoms with van der Waals surface area (Å²) >= 11 is 0. The summed E-state index contributed by atoms with van der Waals surface area (Å²) in [5.41, 5.74) is 3.43. The number of aromatic nitrogens is 4. The number of hydrogen-bond donors (Lipinski definition) is 12. The molecule has 10 rings (SSSR count). The number of carboxylic acids is 1. The van der Waals surface area contributed by atoms with Gasteiger partial charge in [0.25, 0.3) is 0 Å². The Balaban J connectivity index is 1.17. The minimum Gasteiger partial charge on any atom is -0.481 e. The van der Waals surface area contributed by atoms with E-state index in [9.17, 15) is 50.4 Å². The van der Waals surface area contributed by atoms with Crippen molar-refractivity contribution in [2.45, 2.75) is 186 Å². The zero-order valence-electron chi connectivity index (χ0n) is 44.2. The van der Waals surface area contributed by atoms with Crippen molar-refractivity contribution in [1.29, 1.82) is 0 Å². The van der Waals surface area contributed by atoms with Gasteiger partial charge in [-0.25, -0.2) is 9.97 Å². The lowest BCUT2D eigenvalue weighted by molar-refractivity contribution is -0.349. The predicted molar refractivity (Wildman–Crippen MR) is 270 cm³/mol. The van der Waals surface area contributed by atoms with Crippen molar-refractivity contribution in [3.8, 4) is 0 Å². The summed E-state index contributed by atoms with van der Waals surface area (Å²) in [6.07, 6.45) is 8.13. The predicted octanol–water partition coefficient (Wildman–Crippen LogP) is 3.70. The maximum Gasteiger partial charge on any atom is 0.310 e. The highest BCUT2D eigenvalue weighted by Gasteiger charge is 2.76. The molecule has 6 aliphatic carbocycles. The monoisotopic (exact) mass is 1030 g/mol. The number of aliphatic carboxylic acids is 1. The van der Waals surface area contributed by atoms with Crippen LogP contribution in [0.25, 0.3) is 0 Å². The Labute approximate surface area is 435 Å². The highest BCUT2D eigenvalue weighted by molar-refractivity contribution is 5.86. The third-order valence-electron chi connectivity index (χ3n) is 23.2. The van der Waals surface area contributed by atoms with Crippen molar-refractivity contribution < 1.29 is 59.9 Å². The fraction of sp³-hybridized carbons (Fsp3) is 0.821. The number of nitrogens with zero attached hydrogens (tertiary/aromatic N) is 2. The van der Waals surface area contributed by atoms with Gasteiger partial charge in [0.1, 0.15) is 18.3 Å². The highest BCUT2D eigenvalue weighted by atomic mass is 16.7. The van der Waals surface area contributed by atoms with E-state index in [4.69, 9.17) is 15.2 Å². The fourth-order valence-electron chi connectivity index (χ4n) is 19.0. The van der Waals surface area contributed by atoms with Crippen molar-refractivity contribution in [2.75, 3.05) is 26.4 Å². The van der Waals surface area contributed by atoms with Crippen LogP contribution in [-0.4, -0.2) is 148 Å². The molecule has 21 atom stereocenters. The summed E-state index contributed by atoms with van der Waals surface area (Å²) in [5, 5.41) is 96.4. The van der Waals surface area contributed by atoms with E-state index in [-0.39, 0.29) is 54.8 Å². The zero-order valence-corrected chi connectivity index (χ0v) is 44.2. The summed E-state index contributed by atoms with van der Waals surface area (Å²) in [6.45, 7) is 10.3. The molecule has 4 heterocycles. The molecular weight excluding hydrogens is 949 g/mol. The van der Waals surface area contributed by atoms with Crippen LogP contribution in [0, 0.1) is 73.4 Å². The topological polar surface area (TPSA) is 310 Å². The molecule has 0 aromatic carbocycles. The number of carbonyl (C=O) groups excluding carboxylic acids is 1. The van der Waals surface area contributed by atoms with Crippen LogP contribution in [0.5, 0.6) is 0 Å². The SMILES string of the molecule is CC1(CO)CCC2(C(=O)O)CC(Cc3cnc[nH]3)C3(C)C(=CCC4C5(C)C(CC6C(C(CCCN)c7cnc[nH]7)NC(=O)C67CCCC7)C(O)C(OC6OCC(O)C(O)C6O)C(C)(C(O)CO)C5CCC43C)C2C1. The van der Waals surface area contributed by atoms with Gasteiger partial charge in [-0.05, 0) is 147 Å². The van der Waals surface area contributed by atoms with Crippen LogP contribution in [0.1, 0.15) is 142 Å². The molecule has 1 amide bonds. The molecule has 0 bridgehead atoms. The van der Waals surface area contributed by atoms with Gasteiger partial charge in [-0.15, -0.1) is 0 Å². The smallest absolute Gasteiger partial charge is 0.310 e. The van der Waals surface area contributed by atoms with Crippen LogP contribution in [-0.2, 0) is 25.5 Å². The second-order valence-electron chi connectivity index (χ2n) is 26.1. The van der Waals surface area contributed by atoms with Gasteiger partial charge in [-0.3, -0.25) is 9.59 Å². The van der Waals surface area contributed by atoms with Crippen molar-refractivity contribution in [3.63, 3.8) is 0 Å². The van der Waals surface area contributed by atoms with Crippen molar-refractivity contribution >= 4 is 11.9 Å². The fourth-order valence-corrected chi connectivity index (χ4v) is 19.0. The molecule has 2 saturated heterocycles. The molecule has 412 valence electrons. The molecule has 1 spiro atoms. The molecule has 2 aromatic rings. The summed E-state index contributed by atoms with van der Waals surface area (Å²) in [5.74, 6) is -3.07. The number of aliphatic hydroxyl groups is 7. The maximum atomic E-state index is 14.9. The van der Waals surface area contributed by atoms with Gasteiger partial charge in [0, 0.05) is 47.8 Å². The molecule has 2 aromatic heterocycles. The summed E-state index contributed by atoms with van der Waals surface area (Å²) < 4.78 is 12.7. The summed E-state index contributed by atoms with van der Waals surface area (Å²) in [6, 6.07) is -0.364. The number of imidazole rings is 2. The molecule has 13 N–H and O–H groups in total. The van der Waals surface area contributed by atoms with E-state index in [0.717, 1.165) is 29.8 Å². The Hall–Kier alpha value is -3.30. The number of nitrogens with two attached hydrogens (primary N) is 1. The number of amides is 1. The van der Waals surface area contributed by atoms with E-state index in [1.165, 1.54) is 0 Å². The lowest BCUT2D eigenvalue weighted by Gasteiger charge is -2.75. The van der Waals surface area contributed by atoms with Crippen molar-refractivity contribution in [2.24, 2.45) is 79.1 Å². The van der Waals surface area contributed by atoms with Crippen LogP contribution in [0.3, 0.4) is 0 Å². The number of fused-ring (bicyclic) bond motifs is 7. The Bertz CT molecular complexity index is 2370. The van der Waals surface area contributed by atoms with E-state index >= 15 is 0 Å². The van der Waals surface area contributed by atoms with Crippen LogP contribution in [0.15, 0.2) is 36.7 Å². The van der Waals surface area contributed by atoms with Gasteiger partial charge in [0.15, 0.2) is 6.29 Å². The van der Waals surface area contributed by atoms with Crippen molar-refractivity contribution in [1.82, 2.24) is 25.3 Å². The molecule has 8 aliphatic rings. The van der Waals surface area contributed by atoms with Crippen LogP contribution < -0.4 is 11.1 Å². The summed E-state index contributed by atoms with van der Waals surface area (Å²) in [7, 11) is 0. The first-order valence-electron chi connectivity index (χ1n) is 27.9. The van der Waals surface area contributed by atoms with E-state index < -0.39 is 105 Å². The number of rotatable bonds is 15. The molecule has 18 nitrogen and oxygen atoms in total. The summed E-state index contributed by atoms with van der Waals surface area (Å²) in [4.78, 5) is 44.5. The molecule has 5 saturated carbocycles. The Morgan fingerprint density at radius 2 is 1.65 bits per heavy atom. The molecule has 0 radical (unpaired) electrons. The zero-order chi connectivity index (χ0) is 53.0. The Morgan fingerprint density at radius 3 is 2.30 bits per heavy atom. The second kappa shape index (κ2) is 19.6. The van der Waals surface area contributed by atoms with Gasteiger partial charge >= 0.3 is 5.97 Å². The van der Waals surface area contributed by atoms with E-state index in [2.05, 4.69) is 59.0 Å². The van der Waals surface area contributed by atoms with E-state index in [1.807, 2.05) is 19.3 Å². The molecule has 18 heteroatoms. The van der Waals surface area contributed by atoms with E-state index in [0.29, 0.717) is 90.0 Å². The first-order chi connectivity index (χ1) is 35.1. The van der Waals surface area contributed by atoms with Gasteiger partial charge in [-0.2, -0.15) is 0 Å². The number of H-pyrrole nitrogens is 2. The van der Waals surface area contributed by atoms with Gasteiger partial charge < -0.3 is 71.3 Å². The van der Waals surface area contributed by atoms with E-state index in [1.54, 1.807) is 12.7 Å². The number of nitrogens with one attached hydrogen (secondary N) is 3.